The number of nitrogens with zero attached hydrogens (tertiary/aromatic N) is 1. The number of para-hydroxylation sites is 1. The second-order valence-corrected chi connectivity index (χ2v) is 8.27. The average Bonchev–Trinajstić information content (AvgIpc) is 3.42. The molecule has 3 N–H and O–H groups in total. The first-order valence-electron chi connectivity index (χ1n) is 10.9. The van der Waals surface area contributed by atoms with Crippen LogP contribution >= 0.6 is 0 Å². The molecule has 7 nitrogen and oxygen atoms in total. The summed E-state index contributed by atoms with van der Waals surface area (Å²) in [6.45, 7) is 1.81. The van der Waals surface area contributed by atoms with Gasteiger partial charge >= 0.3 is 0 Å². The predicted molar refractivity (Wildman–Crippen MR) is 111 cm³/mol. The molecule has 4 atom stereocenters. The lowest BCUT2D eigenvalue weighted by Gasteiger charge is -2.43. The van der Waals surface area contributed by atoms with Crippen molar-refractivity contribution in [1.29, 1.82) is 0 Å². The fourth-order valence-electron chi connectivity index (χ4n) is 5.14. The van der Waals surface area contributed by atoms with E-state index in [0.29, 0.717) is 17.7 Å². The number of carbonyl (C=O) groups excluding carboxylic acids is 2. The summed E-state index contributed by atoms with van der Waals surface area (Å²) < 4.78 is 6.11. The fraction of sp³-hybridized carbons (Fsp3) is 0.565. The van der Waals surface area contributed by atoms with Crippen LogP contribution in [0.15, 0.2) is 35.9 Å². The molecule has 1 aliphatic heterocycles. The minimum atomic E-state index is -0.937. The largest absolute Gasteiger partial charge is 0.486 e. The number of rotatable bonds is 6. The van der Waals surface area contributed by atoms with Gasteiger partial charge in [-0.2, -0.15) is 0 Å². The zero-order valence-electron chi connectivity index (χ0n) is 17.3. The summed E-state index contributed by atoms with van der Waals surface area (Å²) in [6, 6.07) is 6.94. The van der Waals surface area contributed by atoms with Gasteiger partial charge in [-0.3, -0.25) is 9.59 Å². The number of ether oxygens (including phenoxy) is 1. The fourth-order valence-corrected chi connectivity index (χ4v) is 5.14. The number of aliphatic hydroxyl groups is 2. The molecule has 162 valence electrons. The first-order chi connectivity index (χ1) is 14.6. The quantitative estimate of drug-likeness (QED) is 0.655. The van der Waals surface area contributed by atoms with Gasteiger partial charge in [-0.1, -0.05) is 38.0 Å². The maximum Gasteiger partial charge on any atom is 0.247 e. The summed E-state index contributed by atoms with van der Waals surface area (Å²) in [4.78, 5) is 27.7. The lowest BCUT2D eigenvalue weighted by molar-refractivity contribution is -0.140. The maximum absolute atomic E-state index is 13.0. The van der Waals surface area contributed by atoms with Gasteiger partial charge in [-0.25, -0.2) is 0 Å². The molecule has 0 radical (unpaired) electrons. The van der Waals surface area contributed by atoms with Gasteiger partial charge in [0.1, 0.15) is 18.0 Å². The van der Waals surface area contributed by atoms with E-state index in [1.807, 2.05) is 31.2 Å². The minimum Gasteiger partial charge on any atom is -0.486 e. The Labute approximate surface area is 176 Å². The number of carbonyl (C=O) groups is 2. The van der Waals surface area contributed by atoms with Crippen LogP contribution in [0.4, 0.5) is 0 Å². The van der Waals surface area contributed by atoms with Crippen molar-refractivity contribution in [3.05, 3.63) is 41.5 Å². The van der Waals surface area contributed by atoms with Crippen LogP contribution in [0.3, 0.4) is 0 Å². The average molecular weight is 415 g/mol. The Balaban J connectivity index is 1.76. The van der Waals surface area contributed by atoms with E-state index in [9.17, 15) is 14.7 Å². The van der Waals surface area contributed by atoms with Gasteiger partial charge in [0.25, 0.3) is 0 Å². The van der Waals surface area contributed by atoms with Gasteiger partial charge in [-0.05, 0) is 25.0 Å². The highest BCUT2D eigenvalue weighted by Gasteiger charge is 2.51. The van der Waals surface area contributed by atoms with E-state index in [-0.39, 0.29) is 31.0 Å². The molecule has 1 aromatic carbocycles. The molecule has 3 aliphatic rings. The Morgan fingerprint density at radius 2 is 1.97 bits per heavy atom. The molecule has 7 heteroatoms. The van der Waals surface area contributed by atoms with Gasteiger partial charge in [0.05, 0.1) is 18.6 Å². The molecule has 4 unspecified atom stereocenters. The number of hydrogen-bond acceptors (Lipinski definition) is 5. The number of nitrogens with one attached hydrogen (secondary N) is 1. The van der Waals surface area contributed by atoms with E-state index in [0.717, 1.165) is 31.2 Å². The number of aliphatic hydroxyl groups excluding tert-OH is 2. The minimum absolute atomic E-state index is 0.0220. The first kappa shape index (κ1) is 20.9. The third-order valence-electron chi connectivity index (χ3n) is 6.51. The summed E-state index contributed by atoms with van der Waals surface area (Å²) in [7, 11) is 0. The lowest BCUT2D eigenvalue weighted by Crippen LogP contribution is -2.58. The van der Waals surface area contributed by atoms with E-state index in [1.165, 1.54) is 0 Å². The number of hydrogen-bond donors (Lipinski definition) is 3. The van der Waals surface area contributed by atoms with E-state index in [2.05, 4.69) is 5.32 Å². The van der Waals surface area contributed by atoms with Gasteiger partial charge in [0.15, 0.2) is 0 Å². The van der Waals surface area contributed by atoms with Crippen LogP contribution in [-0.2, 0) is 9.59 Å². The topological polar surface area (TPSA) is 99.1 Å². The highest BCUT2D eigenvalue weighted by atomic mass is 16.5. The van der Waals surface area contributed by atoms with Crippen LogP contribution in [0.1, 0.15) is 50.5 Å². The Bertz CT molecular complexity index is 833. The molecule has 1 fully saturated rings. The van der Waals surface area contributed by atoms with E-state index < -0.39 is 24.2 Å². The highest BCUT2D eigenvalue weighted by molar-refractivity contribution is 5.96. The molecule has 0 spiro atoms. The molecule has 2 aliphatic carbocycles. The van der Waals surface area contributed by atoms with Crippen LogP contribution in [0.2, 0.25) is 0 Å². The van der Waals surface area contributed by atoms with Crippen molar-refractivity contribution in [2.45, 2.75) is 69.2 Å². The van der Waals surface area contributed by atoms with Crippen LogP contribution in [0.25, 0.3) is 0 Å². The Kier molecular flexibility index (Phi) is 6.11. The van der Waals surface area contributed by atoms with Crippen molar-refractivity contribution >= 4 is 11.8 Å². The third-order valence-corrected chi connectivity index (χ3v) is 6.51. The smallest absolute Gasteiger partial charge is 0.247 e. The summed E-state index contributed by atoms with van der Waals surface area (Å²) in [5.41, 5.74) is 1.35. The van der Waals surface area contributed by atoms with Crippen molar-refractivity contribution in [3.63, 3.8) is 0 Å². The lowest BCUT2D eigenvalue weighted by atomic mass is 9.77. The van der Waals surface area contributed by atoms with Crippen LogP contribution in [-0.4, -0.2) is 64.4 Å². The Morgan fingerprint density at radius 3 is 2.67 bits per heavy atom. The van der Waals surface area contributed by atoms with E-state index in [4.69, 9.17) is 9.84 Å². The standard InChI is InChI=1S/C23H30N2O5/c1-2-19(27)25(14-7-3-4-8-14)17-13-16(23(29)24-11-12-26)20-15-9-5-6-10-18(15)30-22(20)21(17)28/h5-6,9-10,13-14,17,20-22,26,28H,2-4,7-8,11-12H2,1H3,(H,24,29). The van der Waals surface area contributed by atoms with Gasteiger partial charge in [-0.15, -0.1) is 0 Å². The van der Waals surface area contributed by atoms with E-state index in [1.54, 1.807) is 11.0 Å². The second kappa shape index (κ2) is 8.78. The van der Waals surface area contributed by atoms with Gasteiger partial charge in [0.2, 0.25) is 11.8 Å². The van der Waals surface area contributed by atoms with Crippen LogP contribution in [0, 0.1) is 0 Å². The Hall–Kier alpha value is -2.38. The monoisotopic (exact) mass is 414 g/mol. The SMILES string of the molecule is CCC(=O)N(C1CCCC1)C1C=C(C(=O)NCCO)C2c3ccccc3OC2C1O. The molecule has 0 bridgehead atoms. The molecule has 0 saturated heterocycles. The Morgan fingerprint density at radius 1 is 1.23 bits per heavy atom. The zero-order chi connectivity index (χ0) is 21.3. The molecular weight excluding hydrogens is 384 g/mol. The van der Waals surface area contributed by atoms with Crippen LogP contribution in [0.5, 0.6) is 5.75 Å². The second-order valence-electron chi connectivity index (χ2n) is 8.27. The normalized spacial score (nSPS) is 27.6. The van der Waals surface area contributed by atoms with Gasteiger partial charge < -0.3 is 25.2 Å². The summed E-state index contributed by atoms with van der Waals surface area (Å²) >= 11 is 0. The summed E-state index contributed by atoms with van der Waals surface area (Å²) in [6.07, 6.45) is 4.46. The zero-order valence-corrected chi connectivity index (χ0v) is 17.3. The summed E-state index contributed by atoms with van der Waals surface area (Å²) in [5, 5.41) is 23.2. The maximum atomic E-state index is 13.0. The third kappa shape index (κ3) is 3.61. The van der Waals surface area contributed by atoms with Crippen molar-refractivity contribution in [2.75, 3.05) is 13.2 Å². The molecule has 1 aromatic rings. The number of fused-ring (bicyclic) bond motifs is 3. The van der Waals surface area contributed by atoms with Crippen molar-refractivity contribution in [2.24, 2.45) is 0 Å². The molecule has 1 saturated carbocycles. The number of amides is 2. The highest BCUT2D eigenvalue weighted by Crippen LogP contribution is 2.47. The first-order valence-corrected chi connectivity index (χ1v) is 10.9. The van der Waals surface area contributed by atoms with Crippen molar-refractivity contribution in [1.82, 2.24) is 10.2 Å². The van der Waals surface area contributed by atoms with E-state index >= 15 is 0 Å². The molecule has 0 aromatic heterocycles. The van der Waals surface area contributed by atoms with Crippen molar-refractivity contribution < 1.29 is 24.5 Å². The van der Waals surface area contributed by atoms with Crippen LogP contribution < -0.4 is 10.1 Å². The molecular formula is C23H30N2O5. The molecule has 1 heterocycles. The summed E-state index contributed by atoms with van der Waals surface area (Å²) in [5.74, 6) is -0.0755. The van der Waals surface area contributed by atoms with Crippen molar-refractivity contribution in [3.8, 4) is 5.75 Å². The molecule has 30 heavy (non-hydrogen) atoms. The van der Waals surface area contributed by atoms with Gasteiger partial charge in [0, 0.05) is 30.1 Å². The molecule has 2 amide bonds. The predicted octanol–water partition coefficient (Wildman–Crippen LogP) is 1.49. The number of benzene rings is 1. The molecule has 4 rings (SSSR count).